The molecule has 0 saturated carbocycles. The number of methoxy groups -OCH3 is 1. The molecule has 110 valence electrons. The number of ketones is 1. The minimum atomic E-state index is -0.864. The van der Waals surface area contributed by atoms with Crippen molar-refractivity contribution < 1.29 is 9.53 Å². The molecule has 1 aromatic heterocycles. The van der Waals surface area contributed by atoms with E-state index in [0.717, 1.165) is 5.56 Å². The third-order valence-corrected chi connectivity index (χ3v) is 4.34. The van der Waals surface area contributed by atoms with E-state index in [9.17, 15) is 15.3 Å². The van der Waals surface area contributed by atoms with Crippen LogP contribution >= 0.6 is 11.3 Å². The molecule has 2 rings (SSSR count). The Bertz CT molecular complexity index is 695. The Kier molecular flexibility index (Phi) is 5.30. The maximum atomic E-state index is 12.3. The number of benzene rings is 1. The van der Waals surface area contributed by atoms with E-state index in [1.165, 1.54) is 11.3 Å². The van der Waals surface area contributed by atoms with Gasteiger partial charge in [0.2, 0.25) is 0 Å². The Labute approximate surface area is 133 Å². The summed E-state index contributed by atoms with van der Waals surface area (Å²) in [5.41, 5.74) is 0.791. The van der Waals surface area contributed by atoms with Gasteiger partial charge in [-0.15, -0.1) is 11.3 Å². The van der Waals surface area contributed by atoms with Gasteiger partial charge in [0.05, 0.1) is 24.1 Å². The molecule has 4 nitrogen and oxygen atoms in total. The van der Waals surface area contributed by atoms with Crippen LogP contribution in [0.25, 0.3) is 0 Å². The maximum Gasteiger partial charge on any atom is 0.173 e. The van der Waals surface area contributed by atoms with E-state index < -0.39 is 11.8 Å². The number of nitriles is 2. The zero-order valence-corrected chi connectivity index (χ0v) is 12.8. The van der Waals surface area contributed by atoms with Crippen molar-refractivity contribution in [3.8, 4) is 17.9 Å². The Morgan fingerprint density at radius 2 is 1.91 bits per heavy atom. The van der Waals surface area contributed by atoms with Gasteiger partial charge >= 0.3 is 0 Å². The average molecular weight is 310 g/mol. The van der Waals surface area contributed by atoms with Crippen LogP contribution in [0.15, 0.2) is 41.8 Å². The third-order valence-electron chi connectivity index (χ3n) is 3.43. The number of nitrogens with zero attached hydrogens (tertiary/aromatic N) is 2. The predicted molar refractivity (Wildman–Crippen MR) is 83.7 cm³/mol. The SMILES string of the molecule is COc1ccc(C(CC(=O)c2cccs2)C(C#N)C#N)cc1. The van der Waals surface area contributed by atoms with E-state index in [1.807, 2.05) is 23.6 Å². The van der Waals surface area contributed by atoms with Crippen molar-refractivity contribution >= 4 is 17.1 Å². The van der Waals surface area contributed by atoms with Crippen LogP contribution in [0.2, 0.25) is 0 Å². The molecule has 0 N–H and O–H groups in total. The van der Waals surface area contributed by atoms with Crippen LogP contribution in [-0.4, -0.2) is 12.9 Å². The molecule has 0 fully saturated rings. The number of rotatable bonds is 6. The summed E-state index contributed by atoms with van der Waals surface area (Å²) in [6, 6.07) is 14.7. The van der Waals surface area contributed by atoms with Gasteiger partial charge in [-0.2, -0.15) is 10.5 Å². The first-order valence-corrected chi connectivity index (χ1v) is 7.57. The number of thiophene rings is 1. The van der Waals surface area contributed by atoms with Crippen LogP contribution in [0, 0.1) is 28.6 Å². The second-order valence-electron chi connectivity index (χ2n) is 4.72. The van der Waals surface area contributed by atoms with Gasteiger partial charge in [0.1, 0.15) is 11.7 Å². The lowest BCUT2D eigenvalue weighted by Gasteiger charge is -2.17. The van der Waals surface area contributed by atoms with Gasteiger partial charge in [-0.1, -0.05) is 18.2 Å². The second-order valence-corrected chi connectivity index (χ2v) is 5.67. The van der Waals surface area contributed by atoms with Crippen LogP contribution in [0.4, 0.5) is 0 Å². The fourth-order valence-corrected chi connectivity index (χ4v) is 2.90. The largest absolute Gasteiger partial charge is 0.497 e. The third kappa shape index (κ3) is 3.52. The van der Waals surface area contributed by atoms with Gasteiger partial charge in [-0.05, 0) is 29.1 Å². The number of Topliss-reactive ketones (excluding diaryl/α,β-unsaturated/α-hetero) is 1. The maximum absolute atomic E-state index is 12.3. The molecule has 0 amide bonds. The van der Waals surface area contributed by atoms with E-state index >= 15 is 0 Å². The van der Waals surface area contributed by atoms with Crippen molar-refractivity contribution in [1.29, 1.82) is 10.5 Å². The Hall–Kier alpha value is -2.63. The van der Waals surface area contributed by atoms with E-state index in [4.69, 9.17) is 4.74 Å². The summed E-state index contributed by atoms with van der Waals surface area (Å²) in [6.07, 6.45) is 0.138. The molecule has 1 heterocycles. The lowest BCUT2D eigenvalue weighted by molar-refractivity contribution is 0.0975. The smallest absolute Gasteiger partial charge is 0.173 e. The number of ether oxygens (including phenoxy) is 1. The number of hydrogen-bond acceptors (Lipinski definition) is 5. The summed E-state index contributed by atoms with van der Waals surface area (Å²) in [6.45, 7) is 0. The summed E-state index contributed by atoms with van der Waals surface area (Å²) in [4.78, 5) is 13.0. The van der Waals surface area contributed by atoms with Crippen molar-refractivity contribution in [2.45, 2.75) is 12.3 Å². The van der Waals surface area contributed by atoms with Gasteiger partial charge in [0.25, 0.3) is 0 Å². The molecule has 0 radical (unpaired) electrons. The van der Waals surface area contributed by atoms with E-state index in [2.05, 4.69) is 0 Å². The summed E-state index contributed by atoms with van der Waals surface area (Å²) in [5.74, 6) is -0.670. The highest BCUT2D eigenvalue weighted by Crippen LogP contribution is 2.31. The Balaban J connectivity index is 2.28. The highest BCUT2D eigenvalue weighted by Gasteiger charge is 2.26. The first kappa shape index (κ1) is 15.8. The first-order chi connectivity index (χ1) is 10.7. The van der Waals surface area contributed by atoms with E-state index in [0.29, 0.717) is 10.6 Å². The molecule has 0 aliphatic rings. The Morgan fingerprint density at radius 3 is 2.41 bits per heavy atom. The van der Waals surface area contributed by atoms with Crippen molar-refractivity contribution in [3.05, 3.63) is 52.2 Å². The van der Waals surface area contributed by atoms with Crippen LogP contribution < -0.4 is 4.74 Å². The zero-order chi connectivity index (χ0) is 15.9. The molecule has 0 saturated heterocycles. The fraction of sp³-hybridized carbons (Fsp3) is 0.235. The molecule has 0 aliphatic heterocycles. The molecule has 5 heteroatoms. The number of hydrogen-bond donors (Lipinski definition) is 0. The second kappa shape index (κ2) is 7.40. The van der Waals surface area contributed by atoms with Gasteiger partial charge in [0.15, 0.2) is 5.78 Å². The normalized spacial score (nSPS) is 11.5. The van der Waals surface area contributed by atoms with E-state index in [1.54, 1.807) is 37.4 Å². The van der Waals surface area contributed by atoms with Crippen LogP contribution in [0.1, 0.15) is 27.6 Å². The molecule has 1 unspecified atom stereocenters. The fourth-order valence-electron chi connectivity index (χ4n) is 2.23. The van der Waals surface area contributed by atoms with Crippen LogP contribution in [0.5, 0.6) is 5.75 Å². The quantitative estimate of drug-likeness (QED) is 0.761. The molecular formula is C17H14N2O2S. The van der Waals surface area contributed by atoms with Crippen molar-refractivity contribution in [3.63, 3.8) is 0 Å². The summed E-state index contributed by atoms with van der Waals surface area (Å²) in [5, 5.41) is 20.2. The topological polar surface area (TPSA) is 73.9 Å². The molecule has 0 aliphatic carbocycles. The molecule has 0 spiro atoms. The van der Waals surface area contributed by atoms with Gasteiger partial charge in [-0.3, -0.25) is 4.79 Å². The van der Waals surface area contributed by atoms with Gasteiger partial charge in [-0.25, -0.2) is 0 Å². The minimum absolute atomic E-state index is 0.0497. The molecule has 22 heavy (non-hydrogen) atoms. The summed E-state index contributed by atoms with van der Waals surface area (Å²) >= 11 is 1.37. The predicted octanol–water partition coefficient (Wildman–Crippen LogP) is 3.78. The molecule has 2 aromatic rings. The van der Waals surface area contributed by atoms with Gasteiger partial charge < -0.3 is 4.74 Å². The monoisotopic (exact) mass is 310 g/mol. The minimum Gasteiger partial charge on any atom is -0.497 e. The zero-order valence-electron chi connectivity index (χ0n) is 12.0. The highest BCUT2D eigenvalue weighted by molar-refractivity contribution is 7.12. The van der Waals surface area contributed by atoms with Crippen molar-refractivity contribution in [2.24, 2.45) is 5.92 Å². The summed E-state index contributed by atoms with van der Waals surface area (Å²) < 4.78 is 5.11. The standard InChI is InChI=1S/C17H14N2O2S/c1-21-14-6-4-12(5-7-14)15(13(10-18)11-19)9-16(20)17-3-2-8-22-17/h2-8,13,15H,9H2,1H3. The molecular weight excluding hydrogens is 296 g/mol. The van der Waals surface area contributed by atoms with Crippen molar-refractivity contribution in [1.82, 2.24) is 0 Å². The lowest BCUT2D eigenvalue weighted by atomic mass is 9.83. The van der Waals surface area contributed by atoms with Gasteiger partial charge in [0, 0.05) is 12.3 Å². The Morgan fingerprint density at radius 1 is 1.23 bits per heavy atom. The highest BCUT2D eigenvalue weighted by atomic mass is 32.1. The average Bonchev–Trinajstić information content (AvgIpc) is 3.09. The summed E-state index contributed by atoms with van der Waals surface area (Å²) in [7, 11) is 1.57. The first-order valence-electron chi connectivity index (χ1n) is 6.69. The van der Waals surface area contributed by atoms with Crippen LogP contribution in [-0.2, 0) is 0 Å². The lowest BCUT2D eigenvalue weighted by Crippen LogP contribution is -2.14. The van der Waals surface area contributed by atoms with E-state index in [-0.39, 0.29) is 12.2 Å². The molecule has 1 atom stereocenters. The van der Waals surface area contributed by atoms with Crippen molar-refractivity contribution in [2.75, 3.05) is 7.11 Å². The molecule has 1 aromatic carbocycles. The number of carbonyl (C=O) groups is 1. The molecule has 0 bridgehead atoms. The number of carbonyl (C=O) groups excluding carboxylic acids is 1. The van der Waals surface area contributed by atoms with Crippen LogP contribution in [0.3, 0.4) is 0 Å².